The highest BCUT2D eigenvalue weighted by molar-refractivity contribution is 5.79. The van der Waals surface area contributed by atoms with E-state index in [1.807, 2.05) is 7.05 Å². The summed E-state index contributed by atoms with van der Waals surface area (Å²) in [4.78, 5) is 7.00. The van der Waals surface area contributed by atoms with Crippen LogP contribution in [-0.4, -0.2) is 77.1 Å². The van der Waals surface area contributed by atoms with Gasteiger partial charge in [-0.2, -0.15) is 0 Å². The quantitative estimate of drug-likeness (QED) is 0.371. The van der Waals surface area contributed by atoms with E-state index >= 15 is 0 Å². The molecule has 3 aliphatic rings. The van der Waals surface area contributed by atoms with Gasteiger partial charge in [-0.05, 0) is 31.6 Å². The lowest BCUT2D eigenvalue weighted by Crippen LogP contribution is -2.51. The lowest BCUT2D eigenvalue weighted by Gasteiger charge is -2.42. The van der Waals surface area contributed by atoms with Crippen LogP contribution in [0.5, 0.6) is 0 Å². The zero-order valence-corrected chi connectivity index (χ0v) is 16.6. The molecule has 1 heterocycles. The summed E-state index contributed by atoms with van der Waals surface area (Å²) in [7, 11) is 1.86. The van der Waals surface area contributed by atoms with Gasteiger partial charge < -0.3 is 20.1 Å². The van der Waals surface area contributed by atoms with Crippen molar-refractivity contribution in [3.63, 3.8) is 0 Å². The Hall–Kier alpha value is -0.850. The molecule has 0 unspecified atom stereocenters. The topological polar surface area (TPSA) is 58.1 Å². The van der Waals surface area contributed by atoms with Gasteiger partial charge in [-0.3, -0.25) is 9.89 Å². The number of nitrogens with one attached hydrogen (secondary N) is 2. The van der Waals surface area contributed by atoms with Crippen molar-refractivity contribution in [2.75, 3.05) is 66.2 Å². The van der Waals surface area contributed by atoms with E-state index in [1.54, 1.807) is 0 Å². The van der Waals surface area contributed by atoms with Crippen LogP contribution >= 0.6 is 0 Å². The Morgan fingerprint density at radius 1 is 1.15 bits per heavy atom. The molecule has 26 heavy (non-hydrogen) atoms. The highest BCUT2D eigenvalue weighted by Crippen LogP contribution is 2.36. The molecule has 6 heteroatoms. The molecule has 0 radical (unpaired) electrons. The zero-order valence-electron chi connectivity index (χ0n) is 16.6. The van der Waals surface area contributed by atoms with Gasteiger partial charge in [0, 0.05) is 51.8 Å². The Kier molecular flexibility index (Phi) is 8.02. The van der Waals surface area contributed by atoms with Gasteiger partial charge in [0.05, 0.1) is 19.8 Å². The van der Waals surface area contributed by atoms with Crippen LogP contribution in [0, 0.1) is 11.3 Å². The Bertz CT molecular complexity index is 428. The fraction of sp³-hybridized carbons (Fsp3) is 0.950. The summed E-state index contributed by atoms with van der Waals surface area (Å²) in [6, 6.07) is 0. The molecule has 2 saturated carbocycles. The van der Waals surface area contributed by atoms with Gasteiger partial charge in [0.2, 0.25) is 0 Å². The molecule has 3 rings (SSSR count). The molecule has 0 atom stereocenters. The van der Waals surface area contributed by atoms with Crippen LogP contribution in [0.3, 0.4) is 0 Å². The molecule has 1 saturated heterocycles. The summed E-state index contributed by atoms with van der Waals surface area (Å²) in [6.07, 6.45) is 9.43. The lowest BCUT2D eigenvalue weighted by atomic mass is 9.73. The first kappa shape index (κ1) is 19.9. The van der Waals surface area contributed by atoms with Gasteiger partial charge in [0.25, 0.3) is 0 Å². The summed E-state index contributed by atoms with van der Waals surface area (Å²) in [5.74, 6) is 1.74. The van der Waals surface area contributed by atoms with Crippen molar-refractivity contribution < 1.29 is 9.47 Å². The normalized spacial score (nSPS) is 24.4. The first-order valence-corrected chi connectivity index (χ1v) is 10.6. The predicted octanol–water partition coefficient (Wildman–Crippen LogP) is 1.86. The number of aliphatic imine (C=N–C) groups is 1. The molecule has 6 nitrogen and oxygen atoms in total. The van der Waals surface area contributed by atoms with Crippen molar-refractivity contribution in [1.82, 2.24) is 15.5 Å². The first-order valence-electron chi connectivity index (χ1n) is 10.6. The second-order valence-corrected chi connectivity index (χ2v) is 8.32. The predicted molar refractivity (Wildman–Crippen MR) is 106 cm³/mol. The largest absolute Gasteiger partial charge is 0.379 e. The fourth-order valence-electron chi connectivity index (χ4n) is 4.19. The summed E-state index contributed by atoms with van der Waals surface area (Å²) >= 11 is 0. The molecule has 0 aromatic rings. The van der Waals surface area contributed by atoms with Gasteiger partial charge >= 0.3 is 0 Å². The maximum Gasteiger partial charge on any atom is 0.191 e. The molecule has 1 aliphatic heterocycles. The molecular weight excluding hydrogens is 328 g/mol. The number of hydrogen-bond donors (Lipinski definition) is 2. The van der Waals surface area contributed by atoms with Crippen LogP contribution in [0.25, 0.3) is 0 Å². The molecule has 0 aromatic carbocycles. The fourth-order valence-corrected chi connectivity index (χ4v) is 4.19. The van der Waals surface area contributed by atoms with Gasteiger partial charge in [-0.15, -0.1) is 0 Å². The third-order valence-corrected chi connectivity index (χ3v) is 6.02. The van der Waals surface area contributed by atoms with Crippen LogP contribution in [-0.2, 0) is 9.47 Å². The van der Waals surface area contributed by atoms with E-state index in [9.17, 15) is 0 Å². The molecular formula is C20H38N4O2. The standard InChI is InChI=1S/C20H38N4O2/c1-21-19(22-9-12-26-15-18-5-6-18)23-16-20(7-3-2-4-8-20)17-24-10-13-25-14-11-24/h18H,2-17H2,1H3,(H2,21,22,23). The third kappa shape index (κ3) is 6.71. The van der Waals surface area contributed by atoms with E-state index in [0.717, 1.165) is 64.5 Å². The van der Waals surface area contributed by atoms with Gasteiger partial charge in [0.15, 0.2) is 5.96 Å². The second-order valence-electron chi connectivity index (χ2n) is 8.32. The van der Waals surface area contributed by atoms with Crippen LogP contribution in [0.4, 0.5) is 0 Å². The third-order valence-electron chi connectivity index (χ3n) is 6.02. The summed E-state index contributed by atoms with van der Waals surface area (Å²) < 4.78 is 11.2. The minimum absolute atomic E-state index is 0.371. The van der Waals surface area contributed by atoms with Crippen molar-refractivity contribution in [1.29, 1.82) is 0 Å². The van der Waals surface area contributed by atoms with Crippen LogP contribution in [0.2, 0.25) is 0 Å². The van der Waals surface area contributed by atoms with E-state index in [1.165, 1.54) is 51.5 Å². The highest BCUT2D eigenvalue weighted by Gasteiger charge is 2.34. The monoisotopic (exact) mass is 366 g/mol. The second kappa shape index (κ2) is 10.5. The Labute approximate surface area is 159 Å². The number of morpholine rings is 1. The molecule has 3 fully saturated rings. The van der Waals surface area contributed by atoms with Crippen molar-refractivity contribution >= 4 is 5.96 Å². The lowest BCUT2D eigenvalue weighted by molar-refractivity contribution is 0.00820. The minimum Gasteiger partial charge on any atom is -0.379 e. The van der Waals surface area contributed by atoms with Gasteiger partial charge in [0.1, 0.15) is 0 Å². The number of rotatable bonds is 9. The number of nitrogens with zero attached hydrogens (tertiary/aromatic N) is 2. The number of hydrogen-bond acceptors (Lipinski definition) is 4. The first-order chi connectivity index (χ1) is 12.8. The number of ether oxygens (including phenoxy) is 2. The van der Waals surface area contributed by atoms with E-state index in [-0.39, 0.29) is 0 Å². The average molecular weight is 367 g/mol. The van der Waals surface area contributed by atoms with Gasteiger partial charge in [-0.1, -0.05) is 19.3 Å². The van der Waals surface area contributed by atoms with Crippen molar-refractivity contribution in [2.45, 2.75) is 44.9 Å². The minimum atomic E-state index is 0.371. The molecule has 0 amide bonds. The van der Waals surface area contributed by atoms with E-state index < -0.39 is 0 Å². The Morgan fingerprint density at radius 3 is 2.62 bits per heavy atom. The van der Waals surface area contributed by atoms with Crippen molar-refractivity contribution in [3.8, 4) is 0 Å². The zero-order chi connectivity index (χ0) is 18.1. The molecule has 0 aromatic heterocycles. The molecule has 2 N–H and O–H groups in total. The summed E-state index contributed by atoms with van der Waals surface area (Å²) in [6.45, 7) is 8.62. The van der Waals surface area contributed by atoms with E-state index in [4.69, 9.17) is 9.47 Å². The Morgan fingerprint density at radius 2 is 1.92 bits per heavy atom. The van der Waals surface area contributed by atoms with Crippen LogP contribution in [0.15, 0.2) is 4.99 Å². The average Bonchev–Trinajstić information content (AvgIpc) is 3.50. The van der Waals surface area contributed by atoms with Crippen molar-refractivity contribution in [2.24, 2.45) is 16.3 Å². The summed E-state index contributed by atoms with van der Waals surface area (Å²) in [5, 5.41) is 7.01. The van der Waals surface area contributed by atoms with Crippen LogP contribution in [0.1, 0.15) is 44.9 Å². The maximum absolute atomic E-state index is 5.70. The number of guanidine groups is 1. The molecule has 2 aliphatic carbocycles. The molecule has 0 spiro atoms. The maximum atomic E-state index is 5.70. The van der Waals surface area contributed by atoms with Crippen LogP contribution < -0.4 is 10.6 Å². The van der Waals surface area contributed by atoms with Gasteiger partial charge in [-0.25, -0.2) is 0 Å². The van der Waals surface area contributed by atoms with E-state index in [2.05, 4.69) is 20.5 Å². The molecule has 0 bridgehead atoms. The smallest absolute Gasteiger partial charge is 0.191 e. The summed E-state index contributed by atoms with van der Waals surface area (Å²) in [5.41, 5.74) is 0.371. The Balaban J connectivity index is 1.41. The SMILES string of the molecule is CN=C(NCCOCC1CC1)NCC1(CN2CCOCC2)CCCCC1. The molecule has 150 valence electrons. The highest BCUT2D eigenvalue weighted by atomic mass is 16.5. The van der Waals surface area contributed by atoms with Crippen molar-refractivity contribution in [3.05, 3.63) is 0 Å². The van der Waals surface area contributed by atoms with E-state index in [0.29, 0.717) is 5.41 Å².